The van der Waals surface area contributed by atoms with Gasteiger partial charge >= 0.3 is 12.1 Å². The van der Waals surface area contributed by atoms with Crippen molar-refractivity contribution in [3.05, 3.63) is 59.7 Å². The van der Waals surface area contributed by atoms with E-state index in [1.54, 1.807) is 36.4 Å². The lowest BCUT2D eigenvalue weighted by molar-refractivity contribution is -0.138. The van der Waals surface area contributed by atoms with Gasteiger partial charge in [0.15, 0.2) is 0 Å². The zero-order valence-corrected chi connectivity index (χ0v) is 19.6. The number of aromatic nitrogens is 3. The van der Waals surface area contributed by atoms with E-state index in [0.717, 1.165) is 0 Å². The van der Waals surface area contributed by atoms with Crippen LogP contribution in [0.4, 0.5) is 13.2 Å². The number of carbonyl (C=O) groups is 1. The number of ether oxygens (including phenoxy) is 1. The molecule has 3 N–H and O–H groups in total. The normalized spacial score (nSPS) is 17.2. The van der Waals surface area contributed by atoms with Gasteiger partial charge in [-0.1, -0.05) is 52.8 Å². The Balaban J connectivity index is 1.38. The number of hydrogen-bond donors (Lipinski definition) is 3. The summed E-state index contributed by atoms with van der Waals surface area (Å²) in [5, 5.41) is 29.9. The maximum absolute atomic E-state index is 14.0. The minimum atomic E-state index is -4.80. The van der Waals surface area contributed by atoms with Crippen LogP contribution in [0.15, 0.2) is 57.6 Å². The quantitative estimate of drug-likeness (QED) is 0.282. The van der Waals surface area contributed by atoms with Gasteiger partial charge < -0.3 is 29.3 Å². The number of nitrogens with zero attached hydrogens (tertiary/aromatic N) is 3. The second kappa shape index (κ2) is 10.3. The maximum atomic E-state index is 14.0. The molecule has 2 aromatic heterocycles. The van der Waals surface area contributed by atoms with Gasteiger partial charge in [-0.2, -0.15) is 18.2 Å². The molecule has 0 fully saturated rings. The number of alkyl halides is 3. The highest BCUT2D eigenvalue weighted by Crippen LogP contribution is 2.43. The first kappa shape index (κ1) is 25.4. The molecule has 0 spiro atoms. The largest absolute Gasteiger partial charge is 0.491 e. The highest BCUT2D eigenvalue weighted by Gasteiger charge is 2.43. The van der Waals surface area contributed by atoms with Crippen LogP contribution in [0.25, 0.3) is 34.3 Å². The Morgan fingerprint density at radius 1 is 1.08 bits per heavy atom. The molecule has 0 aliphatic carbocycles. The number of fused-ring (bicyclic) bond motifs is 1. The van der Waals surface area contributed by atoms with E-state index in [2.05, 4.69) is 20.6 Å². The smallest absolute Gasteiger partial charge is 0.422 e. The summed E-state index contributed by atoms with van der Waals surface area (Å²) in [6.45, 7) is 0.515. The molecule has 198 valence electrons. The molecule has 4 aromatic rings. The average molecular weight is 530 g/mol. The van der Waals surface area contributed by atoms with Gasteiger partial charge in [-0.25, -0.2) is 0 Å². The fraction of sp³-hybridized carbons (Fsp3) is 0.280. The van der Waals surface area contributed by atoms with Gasteiger partial charge in [0, 0.05) is 23.1 Å². The van der Waals surface area contributed by atoms with Crippen LogP contribution in [-0.4, -0.2) is 50.7 Å². The van der Waals surface area contributed by atoms with Gasteiger partial charge in [0.1, 0.15) is 29.7 Å². The van der Waals surface area contributed by atoms with Gasteiger partial charge in [-0.15, -0.1) is 0 Å². The van der Waals surface area contributed by atoms with Crippen molar-refractivity contribution >= 4 is 5.97 Å². The number of hydrogen-bond acceptors (Lipinski definition) is 9. The third-order valence-electron chi connectivity index (χ3n) is 6.01. The summed E-state index contributed by atoms with van der Waals surface area (Å²) in [6, 6.07) is 12.1. The van der Waals surface area contributed by atoms with Gasteiger partial charge in [0.2, 0.25) is 11.6 Å². The second-order valence-electron chi connectivity index (χ2n) is 8.59. The van der Waals surface area contributed by atoms with Crippen molar-refractivity contribution in [3.63, 3.8) is 0 Å². The van der Waals surface area contributed by atoms with Crippen molar-refractivity contribution < 1.29 is 42.0 Å². The van der Waals surface area contributed by atoms with Crippen molar-refractivity contribution in [1.82, 2.24) is 20.6 Å². The van der Waals surface area contributed by atoms with Crippen molar-refractivity contribution in [2.75, 3.05) is 13.2 Å². The summed E-state index contributed by atoms with van der Waals surface area (Å²) >= 11 is 0. The molecule has 13 heteroatoms. The minimum Gasteiger partial charge on any atom is -0.491 e. The highest BCUT2D eigenvalue weighted by atomic mass is 19.4. The first-order valence-electron chi connectivity index (χ1n) is 11.6. The van der Waals surface area contributed by atoms with Gasteiger partial charge in [0.05, 0.1) is 6.04 Å². The van der Waals surface area contributed by atoms with Crippen molar-refractivity contribution in [3.8, 4) is 40.0 Å². The predicted octanol–water partition coefficient (Wildman–Crippen LogP) is 4.33. The molecule has 3 heterocycles. The van der Waals surface area contributed by atoms with E-state index < -0.39 is 47.2 Å². The summed E-state index contributed by atoms with van der Waals surface area (Å²) in [4.78, 5) is 14.7. The fourth-order valence-electron chi connectivity index (χ4n) is 4.15. The van der Waals surface area contributed by atoms with E-state index in [1.165, 1.54) is 12.1 Å². The summed E-state index contributed by atoms with van der Waals surface area (Å²) in [6.07, 6.45) is -5.31. The molecule has 0 saturated carbocycles. The number of benzene rings is 2. The number of aliphatic carboxylic acids is 1. The topological polar surface area (TPSA) is 144 Å². The average Bonchev–Trinajstić information content (AvgIpc) is 3.56. The van der Waals surface area contributed by atoms with Crippen molar-refractivity contribution in [2.24, 2.45) is 0 Å². The van der Waals surface area contributed by atoms with E-state index in [0.29, 0.717) is 29.8 Å². The zero-order chi connectivity index (χ0) is 26.9. The van der Waals surface area contributed by atoms with E-state index in [-0.39, 0.29) is 24.4 Å². The van der Waals surface area contributed by atoms with Crippen LogP contribution in [0, 0.1) is 0 Å². The Bertz CT molecular complexity index is 1440. The lowest BCUT2D eigenvalue weighted by atomic mass is 9.97. The Labute approximate surface area is 213 Å². The molecule has 2 aromatic carbocycles. The lowest BCUT2D eigenvalue weighted by Crippen LogP contribution is -2.43. The molecular formula is C25H21F3N4O6. The SMILES string of the molecule is O=C(O)CCCNC1COc2cc(-c3noc(-c4onc(-c5ccccc5)c4C(F)(F)F)n3)ccc2C1O. The van der Waals surface area contributed by atoms with Crippen LogP contribution in [0.1, 0.15) is 30.1 Å². The number of halogens is 3. The molecule has 10 nitrogen and oxygen atoms in total. The van der Waals surface area contributed by atoms with Crippen molar-refractivity contribution in [1.29, 1.82) is 0 Å². The first-order valence-corrected chi connectivity index (χ1v) is 11.6. The molecule has 0 amide bonds. The molecule has 5 rings (SSSR count). The summed E-state index contributed by atoms with van der Waals surface area (Å²) < 4.78 is 57.8. The van der Waals surface area contributed by atoms with Crippen LogP contribution < -0.4 is 10.1 Å². The molecule has 2 unspecified atom stereocenters. The Hall–Kier alpha value is -4.23. The standard InChI is InChI=1S/C25H21F3N4O6/c26-25(27,28)19-20(13-5-2-1-3-6-13)31-37-22(19)24-30-23(32-38-24)14-8-9-15-17(11-14)36-12-16(21(15)35)29-10-4-7-18(33)34/h1-3,5-6,8-9,11,16,21,29,35H,4,7,10,12H2,(H,33,34). The second-order valence-corrected chi connectivity index (χ2v) is 8.59. The zero-order valence-electron chi connectivity index (χ0n) is 19.6. The third kappa shape index (κ3) is 5.10. The fourth-order valence-corrected chi connectivity index (χ4v) is 4.15. The molecule has 0 radical (unpaired) electrons. The molecule has 0 saturated heterocycles. The van der Waals surface area contributed by atoms with Gasteiger partial charge in [-0.3, -0.25) is 4.79 Å². The van der Waals surface area contributed by atoms with E-state index in [4.69, 9.17) is 18.9 Å². The number of aliphatic hydroxyl groups excluding tert-OH is 1. The van der Waals surface area contributed by atoms with E-state index in [1.807, 2.05) is 0 Å². The Morgan fingerprint density at radius 3 is 2.61 bits per heavy atom. The van der Waals surface area contributed by atoms with Crippen LogP contribution in [0.5, 0.6) is 5.75 Å². The predicted molar refractivity (Wildman–Crippen MR) is 125 cm³/mol. The number of nitrogens with one attached hydrogen (secondary N) is 1. The number of rotatable bonds is 8. The van der Waals surface area contributed by atoms with Crippen LogP contribution >= 0.6 is 0 Å². The molecule has 0 bridgehead atoms. The van der Waals surface area contributed by atoms with Crippen LogP contribution in [0.3, 0.4) is 0 Å². The minimum absolute atomic E-state index is 0.00933. The Kier molecular flexibility index (Phi) is 6.87. The monoisotopic (exact) mass is 530 g/mol. The number of carboxylic acid groups (broad SMARTS) is 1. The number of carboxylic acids is 1. The number of aliphatic hydroxyl groups is 1. The molecule has 1 aliphatic heterocycles. The van der Waals surface area contributed by atoms with Crippen LogP contribution in [-0.2, 0) is 11.0 Å². The summed E-state index contributed by atoms with van der Waals surface area (Å²) in [7, 11) is 0. The van der Waals surface area contributed by atoms with Crippen LogP contribution in [0.2, 0.25) is 0 Å². The maximum Gasteiger partial charge on any atom is 0.422 e. The molecule has 38 heavy (non-hydrogen) atoms. The summed E-state index contributed by atoms with van der Waals surface area (Å²) in [5.74, 6) is -1.75. The van der Waals surface area contributed by atoms with E-state index in [9.17, 15) is 23.1 Å². The molecule has 2 atom stereocenters. The van der Waals surface area contributed by atoms with Gasteiger partial charge in [0.25, 0.3) is 5.89 Å². The lowest BCUT2D eigenvalue weighted by Gasteiger charge is -2.31. The molecule has 1 aliphatic rings. The third-order valence-corrected chi connectivity index (χ3v) is 6.01. The molecular weight excluding hydrogens is 509 g/mol. The Morgan fingerprint density at radius 2 is 1.87 bits per heavy atom. The first-order chi connectivity index (χ1) is 18.2. The van der Waals surface area contributed by atoms with Gasteiger partial charge in [-0.05, 0) is 19.0 Å². The highest BCUT2D eigenvalue weighted by molar-refractivity contribution is 5.71. The van der Waals surface area contributed by atoms with Crippen molar-refractivity contribution in [2.45, 2.75) is 31.2 Å². The summed E-state index contributed by atoms with van der Waals surface area (Å²) in [5.41, 5.74) is -0.431. The van der Waals surface area contributed by atoms with E-state index >= 15 is 0 Å².